The van der Waals surface area contributed by atoms with E-state index in [1.165, 1.54) is 0 Å². The van der Waals surface area contributed by atoms with Gasteiger partial charge in [0.1, 0.15) is 5.75 Å². The Kier molecular flexibility index (Phi) is 5.44. The van der Waals surface area contributed by atoms with Crippen molar-refractivity contribution < 1.29 is 9.53 Å². The number of carbonyl (C=O) groups is 1. The van der Waals surface area contributed by atoms with Gasteiger partial charge in [0.2, 0.25) is 0 Å². The number of methoxy groups -OCH3 is 1. The van der Waals surface area contributed by atoms with Gasteiger partial charge in [-0.15, -0.1) is 0 Å². The van der Waals surface area contributed by atoms with Crippen LogP contribution in [0.3, 0.4) is 0 Å². The molecule has 3 rings (SSSR count). The first-order valence-corrected chi connectivity index (χ1v) is 8.76. The first-order valence-electron chi connectivity index (χ1n) is 7.97. The van der Waals surface area contributed by atoms with Crippen LogP contribution in [-0.2, 0) is 4.79 Å². The average molecular weight is 388 g/mol. The zero-order valence-corrected chi connectivity index (χ0v) is 15.9. The molecule has 7 heteroatoms. The highest BCUT2D eigenvalue weighted by molar-refractivity contribution is 7.80. The van der Waals surface area contributed by atoms with E-state index in [4.69, 9.17) is 28.6 Å². The van der Waals surface area contributed by atoms with Gasteiger partial charge in [-0.05, 0) is 49.5 Å². The maximum absolute atomic E-state index is 13.0. The standard InChI is InChI=1S/C19H18ClN3O2S/c1-11-16(18(24)22-13-6-4-3-5-7-13)17(23-19(26)21-11)14-10-12(20)8-9-15(14)25-2/h3-10,17H,1-2H3,(H,22,24)(H2,21,23,26)/t17-/m1/s1. The summed E-state index contributed by atoms with van der Waals surface area (Å²) in [5.74, 6) is 0.387. The van der Waals surface area contributed by atoms with E-state index in [0.29, 0.717) is 32.8 Å². The summed E-state index contributed by atoms with van der Waals surface area (Å²) in [5.41, 5.74) is 2.64. The predicted molar refractivity (Wildman–Crippen MR) is 107 cm³/mol. The summed E-state index contributed by atoms with van der Waals surface area (Å²) in [7, 11) is 1.58. The summed E-state index contributed by atoms with van der Waals surface area (Å²) in [6.07, 6.45) is 0. The molecule has 1 aliphatic rings. The molecule has 26 heavy (non-hydrogen) atoms. The molecule has 5 nitrogen and oxygen atoms in total. The first kappa shape index (κ1) is 18.2. The van der Waals surface area contributed by atoms with Crippen LogP contribution in [0.5, 0.6) is 5.75 Å². The van der Waals surface area contributed by atoms with Crippen LogP contribution in [0.15, 0.2) is 59.8 Å². The summed E-state index contributed by atoms with van der Waals surface area (Å²) in [5, 5.41) is 10.1. The number of ether oxygens (including phenoxy) is 1. The van der Waals surface area contributed by atoms with Crippen molar-refractivity contribution in [2.75, 3.05) is 12.4 Å². The second kappa shape index (κ2) is 7.76. The highest BCUT2D eigenvalue weighted by Gasteiger charge is 2.32. The van der Waals surface area contributed by atoms with Gasteiger partial charge in [0.05, 0.1) is 18.7 Å². The molecule has 1 amide bonds. The van der Waals surface area contributed by atoms with E-state index in [9.17, 15) is 4.79 Å². The molecule has 0 aromatic heterocycles. The van der Waals surface area contributed by atoms with Crippen molar-refractivity contribution >= 4 is 40.5 Å². The summed E-state index contributed by atoms with van der Waals surface area (Å²) in [6.45, 7) is 1.82. The highest BCUT2D eigenvalue weighted by Crippen LogP contribution is 2.35. The lowest BCUT2D eigenvalue weighted by atomic mass is 9.94. The Labute approximate surface area is 162 Å². The van der Waals surface area contributed by atoms with Crippen LogP contribution < -0.4 is 20.7 Å². The molecule has 2 aromatic carbocycles. The van der Waals surface area contributed by atoms with Crippen LogP contribution in [0.4, 0.5) is 5.69 Å². The van der Waals surface area contributed by atoms with Crippen molar-refractivity contribution in [3.05, 3.63) is 70.4 Å². The van der Waals surface area contributed by atoms with Gasteiger partial charge >= 0.3 is 0 Å². The minimum atomic E-state index is -0.485. The Morgan fingerprint density at radius 3 is 2.65 bits per heavy atom. The largest absolute Gasteiger partial charge is 0.496 e. The van der Waals surface area contributed by atoms with Gasteiger partial charge in [-0.3, -0.25) is 4.79 Å². The fourth-order valence-corrected chi connectivity index (χ4v) is 3.33. The molecular formula is C19H18ClN3O2S. The zero-order chi connectivity index (χ0) is 18.7. The summed E-state index contributed by atoms with van der Waals surface area (Å²) in [6, 6.07) is 14.1. The minimum absolute atomic E-state index is 0.233. The number of amides is 1. The van der Waals surface area contributed by atoms with Gasteiger partial charge in [0.15, 0.2) is 5.11 Å². The maximum atomic E-state index is 13.0. The third-order valence-corrected chi connectivity index (χ3v) is 4.50. The van der Waals surface area contributed by atoms with E-state index in [1.807, 2.05) is 37.3 Å². The van der Waals surface area contributed by atoms with E-state index in [0.717, 1.165) is 5.56 Å². The molecule has 0 unspecified atom stereocenters. The van der Waals surface area contributed by atoms with Gasteiger partial charge in [-0.25, -0.2) is 0 Å². The topological polar surface area (TPSA) is 62.4 Å². The Bertz CT molecular complexity index is 884. The average Bonchev–Trinajstić information content (AvgIpc) is 2.61. The normalized spacial score (nSPS) is 16.6. The summed E-state index contributed by atoms with van der Waals surface area (Å²) >= 11 is 11.5. The monoisotopic (exact) mass is 387 g/mol. The smallest absolute Gasteiger partial charge is 0.255 e. The Balaban J connectivity index is 2.02. The lowest BCUT2D eigenvalue weighted by molar-refractivity contribution is -0.113. The van der Waals surface area contributed by atoms with Gasteiger partial charge in [-0.1, -0.05) is 29.8 Å². The molecule has 1 aliphatic heterocycles. The lowest BCUT2D eigenvalue weighted by Gasteiger charge is -2.31. The second-order valence-corrected chi connectivity index (χ2v) is 6.62. The highest BCUT2D eigenvalue weighted by atomic mass is 35.5. The maximum Gasteiger partial charge on any atom is 0.255 e. The van der Waals surface area contributed by atoms with E-state index >= 15 is 0 Å². The number of carbonyl (C=O) groups excluding carboxylic acids is 1. The fourth-order valence-electron chi connectivity index (χ4n) is 2.88. The van der Waals surface area contributed by atoms with Crippen molar-refractivity contribution in [3.63, 3.8) is 0 Å². The number of benzene rings is 2. The van der Waals surface area contributed by atoms with Crippen molar-refractivity contribution in [1.82, 2.24) is 10.6 Å². The molecule has 0 fully saturated rings. The number of thiocarbonyl (C=S) groups is 1. The van der Waals surface area contributed by atoms with E-state index in [1.54, 1.807) is 25.3 Å². The lowest BCUT2D eigenvalue weighted by Crippen LogP contribution is -2.45. The van der Waals surface area contributed by atoms with Crippen molar-refractivity contribution in [1.29, 1.82) is 0 Å². The number of hydrogen-bond donors (Lipinski definition) is 3. The third kappa shape index (κ3) is 3.81. The van der Waals surface area contributed by atoms with Crippen molar-refractivity contribution in [3.8, 4) is 5.75 Å². The van der Waals surface area contributed by atoms with E-state index in [2.05, 4.69) is 16.0 Å². The molecule has 2 aromatic rings. The SMILES string of the molecule is COc1ccc(Cl)cc1[C@H]1NC(=S)NC(C)=C1C(=O)Nc1ccccc1. The molecule has 1 heterocycles. The Hall–Kier alpha value is -2.57. The van der Waals surface area contributed by atoms with Crippen molar-refractivity contribution in [2.45, 2.75) is 13.0 Å². The molecule has 134 valence electrons. The number of para-hydroxylation sites is 1. The molecular weight excluding hydrogens is 370 g/mol. The van der Waals surface area contributed by atoms with Crippen LogP contribution in [0.1, 0.15) is 18.5 Å². The second-order valence-electron chi connectivity index (χ2n) is 5.78. The number of anilines is 1. The third-order valence-electron chi connectivity index (χ3n) is 4.05. The molecule has 0 radical (unpaired) electrons. The van der Waals surface area contributed by atoms with Crippen LogP contribution in [-0.4, -0.2) is 18.1 Å². The fraction of sp³-hybridized carbons (Fsp3) is 0.158. The van der Waals surface area contributed by atoms with E-state index in [-0.39, 0.29) is 5.91 Å². The van der Waals surface area contributed by atoms with Gasteiger partial charge in [0.25, 0.3) is 5.91 Å². The van der Waals surface area contributed by atoms with Crippen LogP contribution in [0.25, 0.3) is 0 Å². The number of nitrogens with one attached hydrogen (secondary N) is 3. The van der Waals surface area contributed by atoms with Gasteiger partial charge in [-0.2, -0.15) is 0 Å². The Morgan fingerprint density at radius 2 is 1.96 bits per heavy atom. The van der Waals surface area contributed by atoms with E-state index < -0.39 is 6.04 Å². The van der Waals surface area contributed by atoms with Gasteiger partial charge in [0, 0.05) is 22.0 Å². The van der Waals surface area contributed by atoms with Crippen LogP contribution in [0.2, 0.25) is 5.02 Å². The zero-order valence-electron chi connectivity index (χ0n) is 14.3. The molecule has 0 spiro atoms. The molecule has 0 saturated heterocycles. The first-order chi connectivity index (χ1) is 12.5. The number of hydrogen-bond acceptors (Lipinski definition) is 3. The van der Waals surface area contributed by atoms with Crippen LogP contribution >= 0.6 is 23.8 Å². The molecule has 0 aliphatic carbocycles. The molecule has 0 saturated carbocycles. The number of allylic oxidation sites excluding steroid dienone is 1. The number of rotatable bonds is 4. The van der Waals surface area contributed by atoms with Crippen molar-refractivity contribution in [2.24, 2.45) is 0 Å². The number of halogens is 1. The van der Waals surface area contributed by atoms with Crippen LogP contribution in [0, 0.1) is 0 Å². The summed E-state index contributed by atoms with van der Waals surface area (Å²) < 4.78 is 5.45. The predicted octanol–water partition coefficient (Wildman–Crippen LogP) is 3.78. The summed E-state index contributed by atoms with van der Waals surface area (Å²) in [4.78, 5) is 13.0. The molecule has 0 bridgehead atoms. The molecule has 1 atom stereocenters. The van der Waals surface area contributed by atoms with Gasteiger partial charge < -0.3 is 20.7 Å². The molecule has 3 N–H and O–H groups in total. The minimum Gasteiger partial charge on any atom is -0.496 e. The Morgan fingerprint density at radius 1 is 1.23 bits per heavy atom. The quantitative estimate of drug-likeness (QED) is 0.697.